The van der Waals surface area contributed by atoms with E-state index in [-0.39, 0.29) is 5.78 Å². The Morgan fingerprint density at radius 2 is 1.71 bits per heavy atom. The van der Waals surface area contributed by atoms with E-state index in [1.165, 1.54) is 14.0 Å². The maximum atomic E-state index is 11.3. The van der Waals surface area contributed by atoms with E-state index in [4.69, 9.17) is 9.47 Å². The summed E-state index contributed by atoms with van der Waals surface area (Å²) in [4.78, 5) is 11.3. The first-order chi connectivity index (χ1) is 6.60. The molecule has 0 aliphatic carbocycles. The van der Waals surface area contributed by atoms with Gasteiger partial charge in [0.2, 0.25) is 0 Å². The minimum Gasteiger partial charge on any atom is -0.496 e. The van der Waals surface area contributed by atoms with Crippen LogP contribution in [0, 0.1) is 6.92 Å². The normalized spacial score (nSPS) is 9.71. The monoisotopic (exact) mass is 194 g/mol. The van der Waals surface area contributed by atoms with E-state index in [9.17, 15) is 4.79 Å². The molecule has 0 saturated carbocycles. The average molecular weight is 194 g/mol. The molecule has 0 spiro atoms. The third-order valence-corrected chi connectivity index (χ3v) is 2.10. The zero-order valence-electron chi connectivity index (χ0n) is 8.88. The maximum absolute atomic E-state index is 11.3. The largest absolute Gasteiger partial charge is 0.496 e. The predicted octanol–water partition coefficient (Wildman–Crippen LogP) is 2.21. The minimum atomic E-state index is -0.00685. The third kappa shape index (κ3) is 1.87. The molecule has 0 atom stereocenters. The second kappa shape index (κ2) is 4.13. The smallest absolute Gasteiger partial charge is 0.163 e. The molecule has 0 saturated heterocycles. The van der Waals surface area contributed by atoms with Crippen LogP contribution in [-0.2, 0) is 0 Å². The lowest BCUT2D eigenvalue weighted by Gasteiger charge is -2.10. The van der Waals surface area contributed by atoms with Crippen LogP contribution in [0.4, 0.5) is 0 Å². The number of ether oxygens (including phenoxy) is 2. The molecule has 0 fully saturated rings. The summed E-state index contributed by atoms with van der Waals surface area (Å²) in [6, 6.07) is 3.51. The van der Waals surface area contributed by atoms with Crippen LogP contribution in [-0.4, -0.2) is 20.0 Å². The van der Waals surface area contributed by atoms with Crippen molar-refractivity contribution in [1.82, 2.24) is 0 Å². The standard InChI is InChI=1S/C11H14O3/c1-7-5-9(8(2)12)11(14-4)6-10(7)13-3/h5-6H,1-4H3. The molecule has 0 aromatic heterocycles. The molecule has 1 rings (SSSR count). The molecule has 0 heterocycles. The van der Waals surface area contributed by atoms with Crippen LogP contribution in [0.15, 0.2) is 12.1 Å². The van der Waals surface area contributed by atoms with Crippen LogP contribution in [0.1, 0.15) is 22.8 Å². The van der Waals surface area contributed by atoms with E-state index in [0.29, 0.717) is 11.3 Å². The number of Topliss-reactive ketones (excluding diaryl/α,β-unsaturated/α-hetero) is 1. The van der Waals surface area contributed by atoms with Crippen molar-refractivity contribution in [1.29, 1.82) is 0 Å². The van der Waals surface area contributed by atoms with Crippen LogP contribution in [0.3, 0.4) is 0 Å². The van der Waals surface area contributed by atoms with Gasteiger partial charge in [0.25, 0.3) is 0 Å². The van der Waals surface area contributed by atoms with Gasteiger partial charge in [0.15, 0.2) is 5.78 Å². The van der Waals surface area contributed by atoms with Crippen LogP contribution in [0.5, 0.6) is 11.5 Å². The van der Waals surface area contributed by atoms with E-state index >= 15 is 0 Å². The molecule has 0 amide bonds. The summed E-state index contributed by atoms with van der Waals surface area (Å²) in [7, 11) is 3.13. The highest BCUT2D eigenvalue weighted by Gasteiger charge is 2.11. The number of hydrogen-bond donors (Lipinski definition) is 0. The second-order valence-electron chi connectivity index (χ2n) is 3.08. The molecule has 76 valence electrons. The highest BCUT2D eigenvalue weighted by atomic mass is 16.5. The number of carbonyl (C=O) groups excluding carboxylic acids is 1. The summed E-state index contributed by atoms with van der Waals surface area (Å²) in [5.41, 5.74) is 1.52. The Balaban J connectivity index is 3.31. The first-order valence-electron chi connectivity index (χ1n) is 4.33. The summed E-state index contributed by atoms with van der Waals surface area (Å²) >= 11 is 0. The van der Waals surface area contributed by atoms with Crippen LogP contribution in [0.2, 0.25) is 0 Å². The van der Waals surface area contributed by atoms with Gasteiger partial charge in [-0.3, -0.25) is 4.79 Å². The van der Waals surface area contributed by atoms with Gasteiger partial charge in [0.1, 0.15) is 11.5 Å². The average Bonchev–Trinajstić information content (AvgIpc) is 2.17. The number of hydrogen-bond acceptors (Lipinski definition) is 3. The topological polar surface area (TPSA) is 35.5 Å². The summed E-state index contributed by atoms with van der Waals surface area (Å²) in [5.74, 6) is 1.28. The fourth-order valence-electron chi connectivity index (χ4n) is 1.33. The Labute approximate surface area is 83.6 Å². The number of ketones is 1. The van der Waals surface area contributed by atoms with Gasteiger partial charge in [0.05, 0.1) is 19.8 Å². The Morgan fingerprint density at radius 1 is 1.14 bits per heavy atom. The first kappa shape index (κ1) is 10.6. The van der Waals surface area contributed by atoms with E-state index in [2.05, 4.69) is 0 Å². The van der Waals surface area contributed by atoms with Crippen LogP contribution in [0.25, 0.3) is 0 Å². The van der Waals surface area contributed by atoms with E-state index in [1.807, 2.05) is 6.92 Å². The molecule has 0 N–H and O–H groups in total. The molecule has 1 aromatic carbocycles. The number of carbonyl (C=O) groups is 1. The lowest BCUT2D eigenvalue weighted by Crippen LogP contribution is -1.99. The number of benzene rings is 1. The minimum absolute atomic E-state index is 0.00685. The van der Waals surface area contributed by atoms with Crippen LogP contribution >= 0.6 is 0 Å². The van der Waals surface area contributed by atoms with Crippen molar-refractivity contribution < 1.29 is 14.3 Å². The highest BCUT2D eigenvalue weighted by molar-refractivity contribution is 5.97. The van der Waals surface area contributed by atoms with E-state index < -0.39 is 0 Å². The van der Waals surface area contributed by atoms with Gasteiger partial charge in [-0.25, -0.2) is 0 Å². The molecule has 0 aliphatic rings. The molecular formula is C11H14O3. The lowest BCUT2D eigenvalue weighted by molar-refractivity contribution is 0.101. The van der Waals surface area contributed by atoms with Gasteiger partial charge in [-0.2, -0.15) is 0 Å². The van der Waals surface area contributed by atoms with Crippen molar-refractivity contribution in [3.8, 4) is 11.5 Å². The molecule has 3 heteroatoms. The summed E-state index contributed by atoms with van der Waals surface area (Å²) in [6.07, 6.45) is 0. The lowest BCUT2D eigenvalue weighted by atomic mass is 10.1. The first-order valence-corrected chi connectivity index (χ1v) is 4.33. The van der Waals surface area contributed by atoms with Crippen molar-refractivity contribution in [2.24, 2.45) is 0 Å². The fourth-order valence-corrected chi connectivity index (χ4v) is 1.33. The molecule has 1 aromatic rings. The fraction of sp³-hybridized carbons (Fsp3) is 0.364. The molecule has 14 heavy (non-hydrogen) atoms. The summed E-state index contributed by atoms with van der Waals surface area (Å²) < 4.78 is 10.2. The molecule has 0 aliphatic heterocycles. The maximum Gasteiger partial charge on any atom is 0.163 e. The molecule has 0 radical (unpaired) electrons. The van der Waals surface area contributed by atoms with Gasteiger partial charge in [-0.15, -0.1) is 0 Å². The van der Waals surface area contributed by atoms with E-state index in [1.54, 1.807) is 19.2 Å². The van der Waals surface area contributed by atoms with Crippen LogP contribution < -0.4 is 9.47 Å². The number of methoxy groups -OCH3 is 2. The van der Waals surface area contributed by atoms with Crippen molar-refractivity contribution in [3.05, 3.63) is 23.3 Å². The van der Waals surface area contributed by atoms with E-state index in [0.717, 1.165) is 11.3 Å². The highest BCUT2D eigenvalue weighted by Crippen LogP contribution is 2.28. The summed E-state index contributed by atoms with van der Waals surface area (Å²) in [6.45, 7) is 3.41. The van der Waals surface area contributed by atoms with Crippen molar-refractivity contribution in [2.75, 3.05) is 14.2 Å². The van der Waals surface area contributed by atoms with Gasteiger partial charge in [0, 0.05) is 6.07 Å². The van der Waals surface area contributed by atoms with Gasteiger partial charge < -0.3 is 9.47 Å². The predicted molar refractivity (Wildman–Crippen MR) is 54.3 cm³/mol. The van der Waals surface area contributed by atoms with Crippen molar-refractivity contribution in [2.45, 2.75) is 13.8 Å². The SMILES string of the molecule is COc1cc(OC)c(C(C)=O)cc1C. The Hall–Kier alpha value is -1.51. The second-order valence-corrected chi connectivity index (χ2v) is 3.08. The van der Waals surface area contributed by atoms with Gasteiger partial charge in [-0.05, 0) is 25.5 Å². The molecule has 3 nitrogen and oxygen atoms in total. The Kier molecular flexibility index (Phi) is 3.12. The summed E-state index contributed by atoms with van der Waals surface area (Å²) in [5, 5.41) is 0. The van der Waals surface area contributed by atoms with Crippen molar-refractivity contribution >= 4 is 5.78 Å². The third-order valence-electron chi connectivity index (χ3n) is 2.10. The van der Waals surface area contributed by atoms with Crippen molar-refractivity contribution in [3.63, 3.8) is 0 Å². The molecule has 0 bridgehead atoms. The van der Waals surface area contributed by atoms with Gasteiger partial charge in [-0.1, -0.05) is 0 Å². The zero-order valence-corrected chi connectivity index (χ0v) is 8.88. The Morgan fingerprint density at radius 3 is 2.14 bits per heavy atom. The molecule has 0 unspecified atom stereocenters. The Bertz CT molecular complexity index is 356. The van der Waals surface area contributed by atoms with Gasteiger partial charge >= 0.3 is 0 Å². The molecular weight excluding hydrogens is 180 g/mol. The quantitative estimate of drug-likeness (QED) is 0.692. The number of rotatable bonds is 3. The number of aryl methyl sites for hydroxylation is 1. The zero-order chi connectivity index (χ0) is 10.7.